The zero-order valence-electron chi connectivity index (χ0n) is 9.62. The molecule has 5 nitrogen and oxygen atoms in total. The number of thiophene rings is 1. The minimum absolute atomic E-state index is 0.0556. The Morgan fingerprint density at radius 3 is 3.00 bits per heavy atom. The minimum atomic E-state index is -0.402. The Bertz CT molecular complexity index is 543. The van der Waals surface area contributed by atoms with Crippen LogP contribution in [0.1, 0.15) is 6.92 Å². The first-order valence-corrected chi connectivity index (χ1v) is 7.00. The van der Waals surface area contributed by atoms with E-state index in [2.05, 4.69) is 10.3 Å². The smallest absolute Gasteiger partial charge is 0.275 e. The standard InChI is InChI=1S/C11H11N3O2S2/c1-2-12-9-6-8(14(15)16)7-10(13-9)18-11-4-3-5-17-11/h3-7H,2H2,1H3,(H,12,13). The molecule has 0 unspecified atom stereocenters. The van der Waals surface area contributed by atoms with Crippen LogP contribution in [0.4, 0.5) is 11.5 Å². The maximum absolute atomic E-state index is 10.9. The molecule has 2 heterocycles. The van der Waals surface area contributed by atoms with E-state index < -0.39 is 4.92 Å². The molecule has 0 bridgehead atoms. The van der Waals surface area contributed by atoms with Gasteiger partial charge in [-0.05, 0) is 18.4 Å². The third kappa shape index (κ3) is 3.21. The van der Waals surface area contributed by atoms with Crippen molar-refractivity contribution in [2.75, 3.05) is 11.9 Å². The highest BCUT2D eigenvalue weighted by Crippen LogP contribution is 2.32. The van der Waals surface area contributed by atoms with E-state index in [-0.39, 0.29) is 5.69 Å². The molecule has 7 heteroatoms. The Balaban J connectivity index is 2.30. The van der Waals surface area contributed by atoms with Crippen molar-refractivity contribution in [3.63, 3.8) is 0 Å². The van der Waals surface area contributed by atoms with E-state index in [1.807, 2.05) is 24.4 Å². The topological polar surface area (TPSA) is 68.1 Å². The monoisotopic (exact) mass is 281 g/mol. The number of nitro groups is 1. The summed E-state index contributed by atoms with van der Waals surface area (Å²) in [5.41, 5.74) is 0.0556. The minimum Gasteiger partial charge on any atom is -0.370 e. The van der Waals surface area contributed by atoms with Crippen LogP contribution in [0.15, 0.2) is 38.9 Å². The van der Waals surface area contributed by atoms with Crippen LogP contribution in [0.5, 0.6) is 0 Å². The summed E-state index contributed by atoms with van der Waals surface area (Å²) < 4.78 is 1.06. The van der Waals surface area contributed by atoms with Gasteiger partial charge >= 0.3 is 0 Å². The van der Waals surface area contributed by atoms with Crippen molar-refractivity contribution in [1.29, 1.82) is 0 Å². The molecule has 0 spiro atoms. The number of pyridine rings is 1. The lowest BCUT2D eigenvalue weighted by atomic mass is 10.4. The molecule has 94 valence electrons. The molecule has 0 aliphatic heterocycles. The van der Waals surface area contributed by atoms with Crippen LogP contribution < -0.4 is 5.32 Å². The van der Waals surface area contributed by atoms with Crippen LogP contribution in [-0.4, -0.2) is 16.5 Å². The van der Waals surface area contributed by atoms with Gasteiger partial charge in [0.2, 0.25) is 0 Å². The van der Waals surface area contributed by atoms with E-state index in [0.29, 0.717) is 17.4 Å². The molecule has 0 atom stereocenters. The molecule has 0 saturated heterocycles. The Morgan fingerprint density at radius 1 is 1.56 bits per heavy atom. The highest BCUT2D eigenvalue weighted by Gasteiger charge is 2.12. The fraction of sp³-hybridized carbons (Fsp3) is 0.182. The second kappa shape index (κ2) is 5.83. The molecule has 0 amide bonds. The van der Waals surface area contributed by atoms with Gasteiger partial charge in [0.15, 0.2) is 0 Å². The summed E-state index contributed by atoms with van der Waals surface area (Å²) in [7, 11) is 0. The van der Waals surface area contributed by atoms with E-state index in [9.17, 15) is 10.1 Å². The first-order chi connectivity index (χ1) is 8.69. The van der Waals surface area contributed by atoms with Gasteiger partial charge in [0.25, 0.3) is 5.69 Å². The quantitative estimate of drug-likeness (QED) is 0.669. The van der Waals surface area contributed by atoms with Crippen molar-refractivity contribution in [3.8, 4) is 0 Å². The van der Waals surface area contributed by atoms with Crippen LogP contribution in [0, 0.1) is 10.1 Å². The Morgan fingerprint density at radius 2 is 2.39 bits per heavy atom. The van der Waals surface area contributed by atoms with Crippen LogP contribution in [0.2, 0.25) is 0 Å². The van der Waals surface area contributed by atoms with Crippen molar-refractivity contribution in [2.45, 2.75) is 16.2 Å². The van der Waals surface area contributed by atoms with Crippen molar-refractivity contribution in [1.82, 2.24) is 4.98 Å². The predicted octanol–water partition coefficient (Wildman–Crippen LogP) is 3.63. The molecular formula is C11H11N3O2S2. The molecule has 2 aromatic heterocycles. The SMILES string of the molecule is CCNc1cc([N+](=O)[O-])cc(Sc2cccs2)n1. The van der Waals surface area contributed by atoms with Crippen LogP contribution >= 0.6 is 23.1 Å². The van der Waals surface area contributed by atoms with Crippen LogP contribution in [0.25, 0.3) is 0 Å². The number of hydrogen-bond acceptors (Lipinski definition) is 6. The fourth-order valence-electron chi connectivity index (χ4n) is 1.35. The maximum Gasteiger partial charge on any atom is 0.275 e. The number of anilines is 1. The highest BCUT2D eigenvalue weighted by molar-refractivity contribution is 8.01. The molecule has 0 saturated carbocycles. The van der Waals surface area contributed by atoms with Gasteiger partial charge in [0.1, 0.15) is 10.8 Å². The lowest BCUT2D eigenvalue weighted by Crippen LogP contribution is -2.01. The lowest BCUT2D eigenvalue weighted by molar-refractivity contribution is -0.385. The van der Waals surface area contributed by atoms with Gasteiger partial charge in [-0.1, -0.05) is 17.8 Å². The molecule has 2 rings (SSSR count). The summed E-state index contributed by atoms with van der Waals surface area (Å²) in [6.07, 6.45) is 0. The van der Waals surface area contributed by atoms with Gasteiger partial charge in [0.05, 0.1) is 15.2 Å². The second-order valence-electron chi connectivity index (χ2n) is 3.37. The number of nitrogens with zero attached hydrogens (tertiary/aromatic N) is 2. The maximum atomic E-state index is 10.9. The molecule has 0 fully saturated rings. The van der Waals surface area contributed by atoms with Gasteiger partial charge < -0.3 is 5.32 Å². The van der Waals surface area contributed by atoms with Gasteiger partial charge in [-0.15, -0.1) is 11.3 Å². The van der Waals surface area contributed by atoms with E-state index in [1.165, 1.54) is 23.9 Å². The summed E-state index contributed by atoms with van der Waals surface area (Å²) in [5, 5.41) is 16.4. The fourth-order valence-corrected chi connectivity index (χ4v) is 3.09. The third-order valence-electron chi connectivity index (χ3n) is 2.06. The summed E-state index contributed by atoms with van der Waals surface area (Å²) in [6.45, 7) is 2.60. The van der Waals surface area contributed by atoms with Gasteiger partial charge in [-0.2, -0.15) is 0 Å². The van der Waals surface area contributed by atoms with Crippen LogP contribution in [0.3, 0.4) is 0 Å². The Hall–Kier alpha value is -1.60. The predicted molar refractivity (Wildman–Crippen MR) is 73.5 cm³/mol. The average Bonchev–Trinajstić information content (AvgIpc) is 2.82. The first-order valence-electron chi connectivity index (χ1n) is 5.30. The summed E-state index contributed by atoms with van der Waals surface area (Å²) in [4.78, 5) is 14.8. The lowest BCUT2D eigenvalue weighted by Gasteiger charge is -2.04. The molecular weight excluding hydrogens is 270 g/mol. The molecule has 2 aromatic rings. The third-order valence-corrected chi connectivity index (χ3v) is 4.01. The van der Waals surface area contributed by atoms with Gasteiger partial charge in [0, 0.05) is 12.6 Å². The number of aromatic nitrogens is 1. The second-order valence-corrected chi connectivity index (χ2v) is 5.64. The molecule has 18 heavy (non-hydrogen) atoms. The molecule has 0 radical (unpaired) electrons. The van der Waals surface area contributed by atoms with Crippen molar-refractivity contribution >= 4 is 34.6 Å². The number of rotatable bonds is 5. The summed E-state index contributed by atoms with van der Waals surface area (Å²) in [6, 6.07) is 6.84. The molecule has 0 aliphatic rings. The summed E-state index contributed by atoms with van der Waals surface area (Å²) in [5.74, 6) is 0.533. The largest absolute Gasteiger partial charge is 0.370 e. The van der Waals surface area contributed by atoms with Gasteiger partial charge in [-0.3, -0.25) is 10.1 Å². The van der Waals surface area contributed by atoms with Crippen molar-refractivity contribution in [2.24, 2.45) is 0 Å². The number of hydrogen-bond donors (Lipinski definition) is 1. The summed E-state index contributed by atoms with van der Waals surface area (Å²) >= 11 is 3.01. The highest BCUT2D eigenvalue weighted by atomic mass is 32.2. The molecule has 1 N–H and O–H groups in total. The van der Waals surface area contributed by atoms with E-state index in [0.717, 1.165) is 4.21 Å². The molecule has 0 aliphatic carbocycles. The zero-order valence-corrected chi connectivity index (χ0v) is 11.3. The van der Waals surface area contributed by atoms with E-state index in [1.54, 1.807) is 11.3 Å². The average molecular weight is 281 g/mol. The van der Waals surface area contributed by atoms with Gasteiger partial charge in [-0.25, -0.2) is 4.98 Å². The molecule has 0 aromatic carbocycles. The van der Waals surface area contributed by atoms with E-state index >= 15 is 0 Å². The van der Waals surface area contributed by atoms with Crippen molar-refractivity contribution < 1.29 is 4.92 Å². The zero-order chi connectivity index (χ0) is 13.0. The first kappa shape index (κ1) is 12.8. The van der Waals surface area contributed by atoms with Crippen LogP contribution in [-0.2, 0) is 0 Å². The normalized spacial score (nSPS) is 10.3. The van der Waals surface area contributed by atoms with Crippen molar-refractivity contribution in [3.05, 3.63) is 39.8 Å². The Labute approximate surface area is 112 Å². The van der Waals surface area contributed by atoms with E-state index in [4.69, 9.17) is 0 Å². The number of nitrogens with one attached hydrogen (secondary N) is 1. The Kier molecular flexibility index (Phi) is 4.16.